The van der Waals surface area contributed by atoms with Crippen molar-refractivity contribution in [3.63, 3.8) is 0 Å². The van der Waals surface area contributed by atoms with Crippen LogP contribution in [-0.2, 0) is 6.18 Å². The SMILES string of the molecule is Cc1ccccc1C(=O)N(C)C(=O)c1ccc(C(F)(F)F)cc1. The zero-order valence-electron chi connectivity index (χ0n) is 12.5. The van der Waals surface area contributed by atoms with Crippen molar-refractivity contribution in [2.75, 3.05) is 7.05 Å². The number of amides is 2. The third-order valence-corrected chi connectivity index (χ3v) is 3.44. The molecule has 0 unspecified atom stereocenters. The average molecular weight is 321 g/mol. The van der Waals surface area contributed by atoms with E-state index in [9.17, 15) is 22.8 Å². The Balaban J connectivity index is 2.23. The Hall–Kier alpha value is -2.63. The molecule has 0 aliphatic heterocycles. The molecule has 0 saturated heterocycles. The van der Waals surface area contributed by atoms with Crippen LogP contribution in [0.1, 0.15) is 31.8 Å². The monoisotopic (exact) mass is 321 g/mol. The van der Waals surface area contributed by atoms with Crippen LogP contribution in [0.5, 0.6) is 0 Å². The minimum absolute atomic E-state index is 0.0161. The molecule has 23 heavy (non-hydrogen) atoms. The first-order valence-electron chi connectivity index (χ1n) is 6.77. The third kappa shape index (κ3) is 3.59. The number of nitrogens with zero attached hydrogens (tertiary/aromatic N) is 1. The lowest BCUT2D eigenvalue weighted by molar-refractivity contribution is -0.137. The molecular weight excluding hydrogens is 307 g/mol. The topological polar surface area (TPSA) is 37.4 Å². The Morgan fingerprint density at radius 1 is 0.913 bits per heavy atom. The summed E-state index contributed by atoms with van der Waals surface area (Å²) in [7, 11) is 1.30. The van der Waals surface area contributed by atoms with Crippen LogP contribution < -0.4 is 0 Å². The van der Waals surface area contributed by atoms with E-state index in [0.717, 1.165) is 29.2 Å². The summed E-state index contributed by atoms with van der Waals surface area (Å²) in [5.74, 6) is -1.17. The summed E-state index contributed by atoms with van der Waals surface area (Å²) in [6, 6.07) is 10.5. The number of rotatable bonds is 2. The Labute approximate surface area is 131 Å². The summed E-state index contributed by atoms with van der Waals surface area (Å²) in [6.07, 6.45) is -4.47. The van der Waals surface area contributed by atoms with Crippen LogP contribution in [0.25, 0.3) is 0 Å². The fourth-order valence-corrected chi connectivity index (χ4v) is 2.08. The van der Waals surface area contributed by atoms with Gasteiger partial charge >= 0.3 is 6.18 Å². The highest BCUT2D eigenvalue weighted by Crippen LogP contribution is 2.29. The van der Waals surface area contributed by atoms with Gasteiger partial charge in [-0.2, -0.15) is 13.2 Å². The van der Waals surface area contributed by atoms with Crippen LogP contribution >= 0.6 is 0 Å². The first-order chi connectivity index (χ1) is 10.7. The predicted octanol–water partition coefficient (Wildman–Crippen LogP) is 3.93. The van der Waals surface area contributed by atoms with Gasteiger partial charge in [0.1, 0.15) is 0 Å². The van der Waals surface area contributed by atoms with Crippen LogP contribution in [0.15, 0.2) is 48.5 Å². The van der Waals surface area contributed by atoms with Crippen LogP contribution in [0.4, 0.5) is 13.2 Å². The molecule has 3 nitrogen and oxygen atoms in total. The quantitative estimate of drug-likeness (QED) is 0.786. The highest BCUT2D eigenvalue weighted by atomic mass is 19.4. The molecule has 0 spiro atoms. The van der Waals surface area contributed by atoms with Crippen molar-refractivity contribution in [1.29, 1.82) is 0 Å². The van der Waals surface area contributed by atoms with E-state index in [-0.39, 0.29) is 5.56 Å². The third-order valence-electron chi connectivity index (χ3n) is 3.44. The Kier molecular flexibility index (Phi) is 4.54. The molecular formula is C17H14F3NO2. The van der Waals surface area contributed by atoms with Crippen molar-refractivity contribution in [2.24, 2.45) is 0 Å². The van der Waals surface area contributed by atoms with Gasteiger partial charge in [0.05, 0.1) is 5.56 Å². The summed E-state index contributed by atoms with van der Waals surface area (Å²) in [5.41, 5.74) is 0.254. The van der Waals surface area contributed by atoms with Gasteiger partial charge in [-0.15, -0.1) is 0 Å². The van der Waals surface area contributed by atoms with Crippen molar-refractivity contribution in [3.05, 3.63) is 70.8 Å². The fraction of sp³-hybridized carbons (Fsp3) is 0.176. The highest BCUT2D eigenvalue weighted by Gasteiger charge is 2.30. The van der Waals surface area contributed by atoms with E-state index >= 15 is 0 Å². The number of aryl methyl sites for hydroxylation is 1. The van der Waals surface area contributed by atoms with Gasteiger partial charge in [0.25, 0.3) is 11.8 Å². The maximum Gasteiger partial charge on any atom is 0.416 e. The van der Waals surface area contributed by atoms with Crippen molar-refractivity contribution in [2.45, 2.75) is 13.1 Å². The van der Waals surface area contributed by atoms with Gasteiger partial charge in [0.15, 0.2) is 0 Å². The molecule has 0 heterocycles. The van der Waals surface area contributed by atoms with Gasteiger partial charge < -0.3 is 0 Å². The first kappa shape index (κ1) is 16.7. The van der Waals surface area contributed by atoms with Gasteiger partial charge in [0.2, 0.25) is 0 Å². The second-order valence-electron chi connectivity index (χ2n) is 5.06. The van der Waals surface area contributed by atoms with Gasteiger partial charge in [-0.25, -0.2) is 0 Å². The number of hydrogen-bond acceptors (Lipinski definition) is 2. The lowest BCUT2D eigenvalue weighted by Crippen LogP contribution is -2.33. The van der Waals surface area contributed by atoms with Crippen LogP contribution in [0.2, 0.25) is 0 Å². The van der Waals surface area contributed by atoms with E-state index in [1.54, 1.807) is 31.2 Å². The molecule has 2 aromatic rings. The molecule has 2 rings (SSSR count). The molecule has 0 fully saturated rings. The van der Waals surface area contributed by atoms with E-state index < -0.39 is 23.6 Å². The molecule has 0 atom stereocenters. The maximum absolute atomic E-state index is 12.5. The summed E-state index contributed by atoms with van der Waals surface area (Å²) in [6.45, 7) is 1.74. The second kappa shape index (κ2) is 6.24. The van der Waals surface area contributed by atoms with Crippen LogP contribution in [0.3, 0.4) is 0 Å². The highest BCUT2D eigenvalue weighted by molar-refractivity contribution is 6.10. The smallest absolute Gasteiger partial charge is 0.278 e. The lowest BCUT2D eigenvalue weighted by atomic mass is 10.1. The molecule has 0 aliphatic rings. The number of imide groups is 1. The van der Waals surface area contributed by atoms with Crippen molar-refractivity contribution >= 4 is 11.8 Å². The van der Waals surface area contributed by atoms with Crippen molar-refractivity contribution < 1.29 is 22.8 Å². The Bertz CT molecular complexity index is 736. The number of benzene rings is 2. The average Bonchev–Trinajstić information content (AvgIpc) is 2.52. The van der Waals surface area contributed by atoms with Gasteiger partial charge in [-0.1, -0.05) is 18.2 Å². The summed E-state index contributed by atoms with van der Waals surface area (Å²) in [5, 5.41) is 0. The lowest BCUT2D eigenvalue weighted by Gasteiger charge is -2.17. The molecule has 0 N–H and O–H groups in total. The standard InChI is InChI=1S/C17H14F3NO2/c1-11-5-3-4-6-14(11)16(23)21(2)15(22)12-7-9-13(10-8-12)17(18,19)20/h3-10H,1-2H3. The van der Waals surface area contributed by atoms with Crippen LogP contribution in [0, 0.1) is 6.92 Å². The van der Waals surface area contributed by atoms with Gasteiger partial charge in [-0.3, -0.25) is 14.5 Å². The van der Waals surface area contributed by atoms with E-state index in [2.05, 4.69) is 0 Å². The van der Waals surface area contributed by atoms with E-state index in [4.69, 9.17) is 0 Å². The molecule has 2 aromatic carbocycles. The minimum Gasteiger partial charge on any atom is -0.278 e. The molecule has 2 amide bonds. The zero-order valence-corrected chi connectivity index (χ0v) is 12.5. The van der Waals surface area contributed by atoms with Crippen molar-refractivity contribution in [1.82, 2.24) is 4.90 Å². The molecule has 0 bridgehead atoms. The van der Waals surface area contributed by atoms with Gasteiger partial charge in [-0.05, 0) is 42.8 Å². The largest absolute Gasteiger partial charge is 0.416 e. The Morgan fingerprint density at radius 3 is 2.00 bits per heavy atom. The Morgan fingerprint density at radius 2 is 1.48 bits per heavy atom. The molecule has 6 heteroatoms. The number of carbonyl (C=O) groups is 2. The van der Waals surface area contributed by atoms with E-state index in [1.807, 2.05) is 0 Å². The predicted molar refractivity (Wildman–Crippen MR) is 79.0 cm³/mol. The van der Waals surface area contributed by atoms with Gasteiger partial charge in [0, 0.05) is 18.2 Å². The summed E-state index contributed by atoms with van der Waals surface area (Å²) < 4.78 is 37.6. The summed E-state index contributed by atoms with van der Waals surface area (Å²) in [4.78, 5) is 25.5. The normalized spacial score (nSPS) is 11.2. The van der Waals surface area contributed by atoms with Crippen LogP contribution in [-0.4, -0.2) is 23.8 Å². The molecule has 0 aromatic heterocycles. The number of carbonyl (C=O) groups excluding carboxylic acids is 2. The van der Waals surface area contributed by atoms with E-state index in [1.165, 1.54) is 7.05 Å². The minimum atomic E-state index is -4.47. The zero-order chi connectivity index (χ0) is 17.2. The fourth-order valence-electron chi connectivity index (χ4n) is 2.08. The number of hydrogen-bond donors (Lipinski definition) is 0. The summed E-state index contributed by atoms with van der Waals surface area (Å²) >= 11 is 0. The molecule has 0 saturated carbocycles. The van der Waals surface area contributed by atoms with E-state index in [0.29, 0.717) is 11.1 Å². The molecule has 0 radical (unpaired) electrons. The second-order valence-corrected chi connectivity index (χ2v) is 5.06. The number of alkyl halides is 3. The number of halogens is 3. The molecule has 120 valence electrons. The maximum atomic E-state index is 12.5. The first-order valence-corrected chi connectivity index (χ1v) is 6.77. The van der Waals surface area contributed by atoms with Crippen molar-refractivity contribution in [3.8, 4) is 0 Å². The molecule has 0 aliphatic carbocycles.